The Hall–Kier alpha value is -2.75. The second kappa shape index (κ2) is 9.84. The number of hydrogen-bond acceptors (Lipinski definition) is 6. The van der Waals surface area contributed by atoms with E-state index in [2.05, 4.69) is 10.0 Å². The minimum atomic E-state index is -3.81. The van der Waals surface area contributed by atoms with E-state index in [4.69, 9.17) is 9.47 Å². The number of sulfonamides is 1. The average Bonchev–Trinajstić information content (AvgIpc) is 3.27. The summed E-state index contributed by atoms with van der Waals surface area (Å²) in [4.78, 5) is 24.6. The Bertz CT molecular complexity index is 988. The molecule has 2 aromatic rings. The fourth-order valence-corrected chi connectivity index (χ4v) is 4.04. The topological polar surface area (TPSA) is 111 Å². The Morgan fingerprint density at radius 2 is 1.93 bits per heavy atom. The van der Waals surface area contributed by atoms with Gasteiger partial charge in [-0.1, -0.05) is 24.3 Å². The first-order valence-corrected chi connectivity index (χ1v) is 11.1. The molecule has 0 bridgehead atoms. The standard InChI is InChI=1S/C21H24N2O6S/c1-15(20(24)23-17-8-3-2-4-9-17)29-21(25)16-7-5-11-19(13-16)30(26,27)22-14-18-10-6-12-28-18/h2-5,7-9,11,13,15,18,22H,6,10,12,14H2,1H3,(H,23,24)/t15-,18-/m1/s1. The number of hydrogen-bond donors (Lipinski definition) is 2. The number of rotatable bonds is 8. The van der Waals surface area contributed by atoms with Gasteiger partial charge in [0.2, 0.25) is 10.0 Å². The van der Waals surface area contributed by atoms with Crippen molar-refractivity contribution in [2.45, 2.75) is 36.9 Å². The molecule has 2 N–H and O–H groups in total. The molecule has 30 heavy (non-hydrogen) atoms. The fraction of sp³-hybridized carbons (Fsp3) is 0.333. The van der Waals surface area contributed by atoms with Gasteiger partial charge in [-0.05, 0) is 50.1 Å². The van der Waals surface area contributed by atoms with Crippen LogP contribution in [-0.2, 0) is 24.3 Å². The molecule has 0 aromatic heterocycles. The lowest BCUT2D eigenvalue weighted by Crippen LogP contribution is -2.32. The van der Waals surface area contributed by atoms with E-state index in [0.29, 0.717) is 12.3 Å². The van der Waals surface area contributed by atoms with Gasteiger partial charge in [-0.15, -0.1) is 0 Å². The van der Waals surface area contributed by atoms with E-state index in [-0.39, 0.29) is 23.1 Å². The fourth-order valence-electron chi connectivity index (χ4n) is 2.93. The molecule has 1 aliphatic rings. The maximum atomic E-state index is 12.5. The second-order valence-corrected chi connectivity index (χ2v) is 8.68. The van der Waals surface area contributed by atoms with Crippen molar-refractivity contribution in [2.75, 3.05) is 18.5 Å². The van der Waals surface area contributed by atoms with E-state index in [9.17, 15) is 18.0 Å². The third-order valence-electron chi connectivity index (χ3n) is 4.60. The van der Waals surface area contributed by atoms with E-state index in [1.807, 2.05) is 6.07 Å². The molecular weight excluding hydrogens is 408 g/mol. The maximum Gasteiger partial charge on any atom is 0.338 e. The number of ether oxygens (including phenoxy) is 2. The van der Waals surface area contributed by atoms with Crippen molar-refractivity contribution >= 4 is 27.6 Å². The van der Waals surface area contributed by atoms with Crippen LogP contribution in [0.1, 0.15) is 30.1 Å². The first-order chi connectivity index (χ1) is 14.3. The van der Waals surface area contributed by atoms with Crippen molar-refractivity contribution in [1.29, 1.82) is 0 Å². The number of anilines is 1. The molecule has 0 spiro atoms. The molecule has 9 heteroatoms. The van der Waals surface area contributed by atoms with E-state index < -0.39 is 28.0 Å². The average molecular weight is 432 g/mol. The number of nitrogens with one attached hydrogen (secondary N) is 2. The highest BCUT2D eigenvalue weighted by molar-refractivity contribution is 7.89. The first kappa shape index (κ1) is 21.9. The minimum Gasteiger partial charge on any atom is -0.449 e. The summed E-state index contributed by atoms with van der Waals surface area (Å²) >= 11 is 0. The SMILES string of the molecule is C[C@@H](OC(=O)c1cccc(S(=O)(=O)NC[C@H]2CCCO2)c1)C(=O)Nc1ccccc1. The maximum absolute atomic E-state index is 12.5. The molecule has 2 aromatic carbocycles. The van der Waals surface area contributed by atoms with Crippen molar-refractivity contribution in [1.82, 2.24) is 4.72 Å². The number of carbonyl (C=O) groups is 2. The summed E-state index contributed by atoms with van der Waals surface area (Å²) in [5, 5.41) is 2.64. The predicted octanol–water partition coefficient (Wildman–Crippen LogP) is 2.33. The third kappa shape index (κ3) is 5.88. The van der Waals surface area contributed by atoms with Gasteiger partial charge in [-0.3, -0.25) is 4.79 Å². The first-order valence-electron chi connectivity index (χ1n) is 9.63. The van der Waals surface area contributed by atoms with Crippen LogP contribution in [0.5, 0.6) is 0 Å². The molecule has 0 unspecified atom stereocenters. The number of carbonyl (C=O) groups excluding carboxylic acids is 2. The van der Waals surface area contributed by atoms with Gasteiger partial charge in [0.25, 0.3) is 5.91 Å². The zero-order valence-electron chi connectivity index (χ0n) is 16.5. The van der Waals surface area contributed by atoms with Gasteiger partial charge in [-0.2, -0.15) is 0 Å². The van der Waals surface area contributed by atoms with E-state index in [1.54, 1.807) is 24.3 Å². The van der Waals surface area contributed by atoms with Gasteiger partial charge in [0, 0.05) is 18.8 Å². The Morgan fingerprint density at radius 3 is 2.63 bits per heavy atom. The number of para-hydroxylation sites is 1. The molecule has 1 fully saturated rings. The van der Waals surface area contributed by atoms with Gasteiger partial charge in [0.15, 0.2) is 6.10 Å². The molecule has 3 rings (SSSR count). The Morgan fingerprint density at radius 1 is 1.17 bits per heavy atom. The van der Waals surface area contributed by atoms with Crippen LogP contribution >= 0.6 is 0 Å². The van der Waals surface area contributed by atoms with Crippen molar-refractivity contribution in [2.24, 2.45) is 0 Å². The molecule has 0 aliphatic carbocycles. The Balaban J connectivity index is 1.61. The lowest BCUT2D eigenvalue weighted by atomic mass is 10.2. The van der Waals surface area contributed by atoms with Gasteiger partial charge in [0.05, 0.1) is 16.6 Å². The summed E-state index contributed by atoms with van der Waals surface area (Å²) in [6.45, 7) is 2.25. The predicted molar refractivity (Wildman–Crippen MR) is 111 cm³/mol. The van der Waals surface area contributed by atoms with Crippen molar-refractivity contribution in [3.63, 3.8) is 0 Å². The molecule has 0 radical (unpaired) electrons. The van der Waals surface area contributed by atoms with Crippen LogP contribution in [0.2, 0.25) is 0 Å². The Kier molecular flexibility index (Phi) is 7.20. The van der Waals surface area contributed by atoms with Gasteiger partial charge in [0.1, 0.15) is 0 Å². The highest BCUT2D eigenvalue weighted by Gasteiger charge is 2.23. The summed E-state index contributed by atoms with van der Waals surface area (Å²) in [5.74, 6) is -1.28. The molecular formula is C21H24N2O6S. The van der Waals surface area contributed by atoms with E-state index >= 15 is 0 Å². The number of amides is 1. The molecule has 160 valence electrons. The highest BCUT2D eigenvalue weighted by atomic mass is 32.2. The number of esters is 1. The lowest BCUT2D eigenvalue weighted by molar-refractivity contribution is -0.123. The summed E-state index contributed by atoms with van der Waals surface area (Å²) in [7, 11) is -3.81. The third-order valence-corrected chi connectivity index (χ3v) is 6.02. The largest absolute Gasteiger partial charge is 0.449 e. The normalized spacial score (nSPS) is 17.3. The van der Waals surface area contributed by atoms with Crippen LogP contribution in [-0.4, -0.2) is 45.7 Å². The van der Waals surface area contributed by atoms with Crippen LogP contribution in [0.25, 0.3) is 0 Å². The van der Waals surface area contributed by atoms with Crippen LogP contribution < -0.4 is 10.0 Å². The van der Waals surface area contributed by atoms with Gasteiger partial charge >= 0.3 is 5.97 Å². The lowest BCUT2D eigenvalue weighted by Gasteiger charge is -2.14. The van der Waals surface area contributed by atoms with E-state index in [0.717, 1.165) is 12.8 Å². The second-order valence-electron chi connectivity index (χ2n) is 6.92. The van der Waals surface area contributed by atoms with Crippen LogP contribution in [0, 0.1) is 0 Å². The zero-order valence-corrected chi connectivity index (χ0v) is 17.4. The van der Waals surface area contributed by atoms with Crippen LogP contribution in [0.3, 0.4) is 0 Å². The summed E-state index contributed by atoms with van der Waals surface area (Å²) in [5.41, 5.74) is 0.616. The van der Waals surface area contributed by atoms with Crippen molar-refractivity contribution in [3.05, 3.63) is 60.2 Å². The van der Waals surface area contributed by atoms with E-state index in [1.165, 1.54) is 31.2 Å². The Labute approximate surface area is 175 Å². The van der Waals surface area contributed by atoms with Crippen molar-refractivity contribution < 1.29 is 27.5 Å². The zero-order chi connectivity index (χ0) is 21.6. The molecule has 2 atom stereocenters. The summed E-state index contributed by atoms with van der Waals surface area (Å²) in [6, 6.07) is 14.3. The minimum absolute atomic E-state index is 0.0364. The van der Waals surface area contributed by atoms with Crippen LogP contribution in [0.4, 0.5) is 5.69 Å². The summed E-state index contributed by atoms with van der Waals surface area (Å²) < 4.78 is 38.1. The molecule has 1 amide bonds. The number of benzene rings is 2. The molecule has 1 heterocycles. The molecule has 0 saturated carbocycles. The van der Waals surface area contributed by atoms with Gasteiger partial charge < -0.3 is 14.8 Å². The molecule has 1 saturated heterocycles. The van der Waals surface area contributed by atoms with Crippen LogP contribution in [0.15, 0.2) is 59.5 Å². The molecule has 1 aliphatic heterocycles. The quantitative estimate of drug-likeness (QED) is 0.620. The van der Waals surface area contributed by atoms with Gasteiger partial charge in [-0.25, -0.2) is 17.9 Å². The monoisotopic (exact) mass is 432 g/mol. The smallest absolute Gasteiger partial charge is 0.338 e. The van der Waals surface area contributed by atoms with Crippen molar-refractivity contribution in [3.8, 4) is 0 Å². The molecule has 8 nitrogen and oxygen atoms in total. The highest BCUT2D eigenvalue weighted by Crippen LogP contribution is 2.16. The summed E-state index contributed by atoms with van der Waals surface area (Å²) in [6.07, 6.45) is 0.509.